The Morgan fingerprint density at radius 1 is 0.912 bits per heavy atom. The molecular weight excluding hydrogens is 487 g/mol. The zero-order valence-corrected chi connectivity index (χ0v) is 20.7. The molecule has 1 fully saturated rings. The molecule has 3 aromatic carbocycles. The first kappa shape index (κ1) is 23.0. The average Bonchev–Trinajstić information content (AvgIpc) is 3.53. The minimum Gasteiger partial charge on any atom is -0.339 e. The molecule has 172 valence electrons. The van der Waals surface area contributed by atoms with Crippen molar-refractivity contribution in [2.75, 3.05) is 13.1 Å². The third-order valence-corrected chi connectivity index (χ3v) is 7.34. The van der Waals surface area contributed by atoms with Gasteiger partial charge in [-0.05, 0) is 60.9 Å². The van der Waals surface area contributed by atoms with Crippen LogP contribution in [0.1, 0.15) is 28.8 Å². The Morgan fingerprint density at radius 3 is 2.41 bits per heavy atom. The molecule has 1 aliphatic heterocycles. The van der Waals surface area contributed by atoms with E-state index in [9.17, 15) is 4.79 Å². The van der Waals surface area contributed by atoms with E-state index < -0.39 is 0 Å². The molecule has 4 aromatic rings. The van der Waals surface area contributed by atoms with Crippen molar-refractivity contribution < 1.29 is 4.79 Å². The molecule has 0 aliphatic carbocycles. The molecule has 5 rings (SSSR count). The van der Waals surface area contributed by atoms with E-state index in [1.807, 2.05) is 82.3 Å². The largest absolute Gasteiger partial charge is 0.339 e. The monoisotopic (exact) mass is 508 g/mol. The summed E-state index contributed by atoms with van der Waals surface area (Å²) in [7, 11) is 0. The fourth-order valence-electron chi connectivity index (χ4n) is 4.02. The first-order valence-electron chi connectivity index (χ1n) is 11.1. The number of carbonyl (C=O) groups excluding carboxylic acids is 1. The van der Waals surface area contributed by atoms with Crippen molar-refractivity contribution in [3.8, 4) is 17.1 Å². The van der Waals surface area contributed by atoms with Gasteiger partial charge in [0.25, 0.3) is 5.91 Å². The van der Waals surface area contributed by atoms with Crippen LogP contribution in [0.25, 0.3) is 17.1 Å². The zero-order valence-electron chi connectivity index (χ0n) is 18.3. The van der Waals surface area contributed by atoms with E-state index in [-0.39, 0.29) is 5.91 Å². The Kier molecular flexibility index (Phi) is 6.90. The maximum Gasteiger partial charge on any atom is 0.253 e. The van der Waals surface area contributed by atoms with Crippen LogP contribution >= 0.6 is 35.0 Å². The van der Waals surface area contributed by atoms with Gasteiger partial charge >= 0.3 is 0 Å². The summed E-state index contributed by atoms with van der Waals surface area (Å²) < 4.78 is 1.98. The molecule has 0 N–H and O–H groups in total. The van der Waals surface area contributed by atoms with Crippen LogP contribution in [0.15, 0.2) is 78.0 Å². The number of amides is 1. The number of thioether (sulfide) groups is 1. The molecule has 0 spiro atoms. The predicted molar refractivity (Wildman–Crippen MR) is 138 cm³/mol. The Balaban J connectivity index is 1.41. The van der Waals surface area contributed by atoms with Crippen LogP contribution in [0.4, 0.5) is 0 Å². The summed E-state index contributed by atoms with van der Waals surface area (Å²) in [6.07, 6.45) is 2.17. The average molecular weight is 509 g/mol. The Morgan fingerprint density at radius 2 is 1.68 bits per heavy atom. The van der Waals surface area contributed by atoms with Crippen molar-refractivity contribution in [2.45, 2.75) is 23.8 Å². The maximum atomic E-state index is 12.6. The fraction of sp³-hybridized carbons (Fsp3) is 0.192. The molecule has 1 aromatic heterocycles. The smallest absolute Gasteiger partial charge is 0.253 e. The fourth-order valence-corrected chi connectivity index (χ4v) is 5.34. The number of likely N-dealkylation sites (tertiary alicyclic amines) is 1. The number of hydrogen-bond donors (Lipinski definition) is 0. The van der Waals surface area contributed by atoms with Gasteiger partial charge < -0.3 is 4.90 Å². The van der Waals surface area contributed by atoms with Gasteiger partial charge in [0.05, 0.1) is 10.7 Å². The summed E-state index contributed by atoms with van der Waals surface area (Å²) in [5.74, 6) is 1.45. The van der Waals surface area contributed by atoms with Crippen molar-refractivity contribution in [1.29, 1.82) is 0 Å². The molecule has 34 heavy (non-hydrogen) atoms. The lowest BCUT2D eigenvalue weighted by Gasteiger charge is -2.15. The molecular formula is C26H22Cl2N4OS. The number of aromatic nitrogens is 3. The Labute approximate surface area is 212 Å². The summed E-state index contributed by atoms with van der Waals surface area (Å²) in [4.78, 5) is 14.5. The number of halogens is 2. The number of hydrogen-bond acceptors (Lipinski definition) is 4. The van der Waals surface area contributed by atoms with Crippen LogP contribution < -0.4 is 0 Å². The van der Waals surface area contributed by atoms with Gasteiger partial charge in [-0.3, -0.25) is 9.36 Å². The van der Waals surface area contributed by atoms with E-state index in [4.69, 9.17) is 23.2 Å². The molecule has 8 heteroatoms. The van der Waals surface area contributed by atoms with Crippen LogP contribution in [0.3, 0.4) is 0 Å². The molecule has 0 saturated carbocycles. The van der Waals surface area contributed by atoms with Crippen molar-refractivity contribution in [3.63, 3.8) is 0 Å². The molecule has 1 saturated heterocycles. The summed E-state index contributed by atoms with van der Waals surface area (Å²) >= 11 is 14.3. The minimum atomic E-state index is 0.113. The molecule has 0 atom stereocenters. The van der Waals surface area contributed by atoms with E-state index in [1.165, 1.54) is 0 Å². The molecule has 0 radical (unpaired) electrons. The lowest BCUT2D eigenvalue weighted by molar-refractivity contribution is 0.0793. The van der Waals surface area contributed by atoms with Gasteiger partial charge in [-0.1, -0.05) is 65.3 Å². The van der Waals surface area contributed by atoms with E-state index in [0.717, 1.165) is 53.5 Å². The van der Waals surface area contributed by atoms with Crippen LogP contribution in [0.5, 0.6) is 0 Å². The van der Waals surface area contributed by atoms with Gasteiger partial charge in [0, 0.05) is 35.0 Å². The van der Waals surface area contributed by atoms with Gasteiger partial charge in [-0.2, -0.15) is 0 Å². The molecule has 1 aliphatic rings. The predicted octanol–water partition coefficient (Wildman–Crippen LogP) is 6.77. The van der Waals surface area contributed by atoms with Crippen LogP contribution in [-0.2, 0) is 5.75 Å². The van der Waals surface area contributed by atoms with Crippen molar-refractivity contribution >= 4 is 40.9 Å². The van der Waals surface area contributed by atoms with E-state index in [1.54, 1.807) is 11.8 Å². The number of benzene rings is 3. The number of rotatable bonds is 6. The van der Waals surface area contributed by atoms with Gasteiger partial charge in [0.15, 0.2) is 11.0 Å². The van der Waals surface area contributed by atoms with Gasteiger partial charge in [-0.25, -0.2) is 0 Å². The number of carbonyl (C=O) groups is 1. The van der Waals surface area contributed by atoms with Crippen molar-refractivity contribution in [1.82, 2.24) is 19.7 Å². The van der Waals surface area contributed by atoms with E-state index in [2.05, 4.69) is 10.2 Å². The Bertz CT molecular complexity index is 1320. The SMILES string of the molecule is O=C(c1ccc(CSc2nnc(-c3ccccc3Cl)n2-c2cccc(Cl)c2)cc1)N1CCCC1. The van der Waals surface area contributed by atoms with Crippen LogP contribution in [0.2, 0.25) is 10.0 Å². The highest BCUT2D eigenvalue weighted by atomic mass is 35.5. The maximum absolute atomic E-state index is 12.6. The van der Waals surface area contributed by atoms with Gasteiger partial charge in [0.2, 0.25) is 0 Å². The third kappa shape index (κ3) is 4.85. The second-order valence-corrected chi connectivity index (χ2v) is 9.87. The summed E-state index contributed by atoms with van der Waals surface area (Å²) in [5, 5.41) is 10.9. The zero-order chi connectivity index (χ0) is 23.5. The molecule has 0 unspecified atom stereocenters. The normalized spacial score (nSPS) is 13.4. The highest BCUT2D eigenvalue weighted by Gasteiger charge is 2.20. The van der Waals surface area contributed by atoms with E-state index in [0.29, 0.717) is 21.6 Å². The van der Waals surface area contributed by atoms with Crippen LogP contribution in [0, 0.1) is 0 Å². The third-order valence-electron chi connectivity index (χ3n) is 5.78. The quantitative estimate of drug-likeness (QED) is 0.269. The minimum absolute atomic E-state index is 0.113. The first-order chi connectivity index (χ1) is 16.6. The summed E-state index contributed by atoms with van der Waals surface area (Å²) in [6, 6.07) is 23.0. The highest BCUT2D eigenvalue weighted by molar-refractivity contribution is 7.98. The summed E-state index contributed by atoms with van der Waals surface area (Å²) in [6.45, 7) is 1.70. The lowest BCUT2D eigenvalue weighted by Crippen LogP contribution is -2.27. The van der Waals surface area contributed by atoms with Crippen LogP contribution in [-0.4, -0.2) is 38.7 Å². The second-order valence-electron chi connectivity index (χ2n) is 8.09. The molecule has 2 heterocycles. The van der Waals surface area contributed by atoms with Gasteiger partial charge in [-0.15, -0.1) is 10.2 Å². The van der Waals surface area contributed by atoms with Gasteiger partial charge in [0.1, 0.15) is 0 Å². The summed E-state index contributed by atoms with van der Waals surface area (Å²) in [5.41, 5.74) is 3.50. The molecule has 5 nitrogen and oxygen atoms in total. The number of nitrogens with zero attached hydrogens (tertiary/aromatic N) is 4. The Hall–Kier alpha value is -2.80. The topological polar surface area (TPSA) is 51.0 Å². The highest BCUT2D eigenvalue weighted by Crippen LogP contribution is 2.33. The second kappa shape index (κ2) is 10.2. The van der Waals surface area contributed by atoms with Crippen molar-refractivity contribution in [3.05, 3.63) is 94.0 Å². The molecule has 1 amide bonds. The van der Waals surface area contributed by atoms with E-state index >= 15 is 0 Å². The lowest BCUT2D eigenvalue weighted by atomic mass is 10.1. The standard InChI is InChI=1S/C26H22Cl2N4OS/c27-20-6-5-7-21(16-20)32-24(22-8-1-2-9-23(22)28)29-30-26(32)34-17-18-10-12-19(13-11-18)25(33)31-14-3-4-15-31/h1-2,5-13,16H,3-4,14-15,17H2. The first-order valence-corrected chi connectivity index (χ1v) is 12.8. The molecule has 0 bridgehead atoms. The van der Waals surface area contributed by atoms with Crippen molar-refractivity contribution in [2.24, 2.45) is 0 Å².